The molecule has 96 valence electrons. The van der Waals surface area contributed by atoms with Crippen molar-refractivity contribution in [1.29, 1.82) is 0 Å². The van der Waals surface area contributed by atoms with E-state index in [0.29, 0.717) is 24.1 Å². The van der Waals surface area contributed by atoms with Crippen molar-refractivity contribution in [3.63, 3.8) is 0 Å². The van der Waals surface area contributed by atoms with Gasteiger partial charge < -0.3 is 9.30 Å². The molecule has 1 aromatic carbocycles. The van der Waals surface area contributed by atoms with Crippen LogP contribution in [0.1, 0.15) is 0 Å². The van der Waals surface area contributed by atoms with Gasteiger partial charge in [0.25, 0.3) is 0 Å². The number of benzene rings is 1. The molecule has 1 atom stereocenters. The van der Waals surface area contributed by atoms with Crippen LogP contribution >= 0.6 is 0 Å². The lowest BCUT2D eigenvalue weighted by molar-refractivity contribution is 0.293. The molecule has 2 rings (SSSR count). The summed E-state index contributed by atoms with van der Waals surface area (Å²) in [6.45, 7) is 0.854. The lowest BCUT2D eigenvalue weighted by atomic mass is 10.3. The van der Waals surface area contributed by atoms with E-state index in [1.165, 1.54) is 18.5 Å². The van der Waals surface area contributed by atoms with Gasteiger partial charge in [-0.25, -0.2) is 4.39 Å². The Morgan fingerprint density at radius 2 is 2.11 bits per heavy atom. The van der Waals surface area contributed by atoms with Gasteiger partial charge in [0.1, 0.15) is 24.5 Å². The zero-order valence-electron chi connectivity index (χ0n) is 9.75. The van der Waals surface area contributed by atoms with Crippen LogP contribution < -0.4 is 4.74 Å². The van der Waals surface area contributed by atoms with E-state index in [9.17, 15) is 8.60 Å². The van der Waals surface area contributed by atoms with Crippen molar-refractivity contribution in [2.45, 2.75) is 11.7 Å². The molecule has 0 amide bonds. The van der Waals surface area contributed by atoms with Crippen LogP contribution in [-0.4, -0.2) is 31.8 Å². The lowest BCUT2D eigenvalue weighted by Gasteiger charge is -2.07. The van der Waals surface area contributed by atoms with Crippen LogP contribution in [0.4, 0.5) is 4.39 Å². The van der Waals surface area contributed by atoms with Gasteiger partial charge in [-0.3, -0.25) is 4.21 Å². The van der Waals surface area contributed by atoms with Crippen LogP contribution in [0, 0.1) is 5.82 Å². The number of aromatic nitrogens is 3. The molecule has 0 radical (unpaired) electrons. The number of rotatable bonds is 5. The summed E-state index contributed by atoms with van der Waals surface area (Å²) in [5.41, 5.74) is 0. The molecule has 0 bridgehead atoms. The molecule has 7 heteroatoms. The van der Waals surface area contributed by atoms with Gasteiger partial charge in [0.05, 0.1) is 17.3 Å². The van der Waals surface area contributed by atoms with E-state index >= 15 is 0 Å². The van der Waals surface area contributed by atoms with Gasteiger partial charge in [-0.1, -0.05) is 0 Å². The van der Waals surface area contributed by atoms with Gasteiger partial charge in [0, 0.05) is 6.26 Å². The van der Waals surface area contributed by atoms with Gasteiger partial charge >= 0.3 is 0 Å². The Bertz CT molecular complexity index is 541. The molecule has 0 saturated heterocycles. The molecule has 0 fully saturated rings. The number of ether oxygens (including phenoxy) is 1. The third-order valence-corrected chi connectivity index (χ3v) is 3.08. The second-order valence-corrected chi connectivity index (χ2v) is 4.84. The number of nitrogens with zero attached hydrogens (tertiary/aromatic N) is 3. The van der Waals surface area contributed by atoms with Crippen molar-refractivity contribution in [1.82, 2.24) is 14.8 Å². The molecule has 0 aliphatic carbocycles. The van der Waals surface area contributed by atoms with Crippen molar-refractivity contribution in [2.75, 3.05) is 12.9 Å². The van der Waals surface area contributed by atoms with Gasteiger partial charge in [-0.2, -0.15) is 0 Å². The number of hydrogen-bond donors (Lipinski definition) is 0. The van der Waals surface area contributed by atoms with Crippen LogP contribution in [-0.2, 0) is 17.3 Å². The van der Waals surface area contributed by atoms with E-state index in [2.05, 4.69) is 10.2 Å². The molecule has 0 spiro atoms. The monoisotopic (exact) mass is 269 g/mol. The SMILES string of the molecule is CS(=O)c1nncn1CCOc1ccc(F)cc1. The first-order valence-corrected chi connectivity index (χ1v) is 6.82. The second kappa shape index (κ2) is 5.72. The second-order valence-electron chi connectivity index (χ2n) is 3.56. The molecule has 2 aromatic rings. The van der Waals surface area contributed by atoms with E-state index in [4.69, 9.17) is 4.74 Å². The minimum Gasteiger partial charge on any atom is -0.492 e. The number of hydrogen-bond acceptors (Lipinski definition) is 4. The smallest absolute Gasteiger partial charge is 0.221 e. The topological polar surface area (TPSA) is 57.0 Å². The highest BCUT2D eigenvalue weighted by molar-refractivity contribution is 7.84. The highest BCUT2D eigenvalue weighted by atomic mass is 32.2. The first-order valence-electron chi connectivity index (χ1n) is 5.26. The van der Waals surface area contributed by atoms with Crippen molar-refractivity contribution < 1.29 is 13.3 Å². The highest BCUT2D eigenvalue weighted by Gasteiger charge is 2.07. The van der Waals surface area contributed by atoms with Crippen molar-refractivity contribution in [2.24, 2.45) is 0 Å². The van der Waals surface area contributed by atoms with E-state index in [1.807, 2.05) is 0 Å². The average Bonchev–Trinajstić information content (AvgIpc) is 2.80. The summed E-state index contributed by atoms with van der Waals surface area (Å²) in [4.78, 5) is 0. The average molecular weight is 269 g/mol. The molecule has 1 unspecified atom stereocenters. The van der Waals surface area contributed by atoms with Crippen molar-refractivity contribution in [3.05, 3.63) is 36.4 Å². The van der Waals surface area contributed by atoms with Gasteiger partial charge in [0.2, 0.25) is 5.16 Å². The maximum Gasteiger partial charge on any atom is 0.221 e. The summed E-state index contributed by atoms with van der Waals surface area (Å²) in [6.07, 6.45) is 3.05. The Morgan fingerprint density at radius 1 is 1.39 bits per heavy atom. The maximum atomic E-state index is 12.7. The van der Waals surface area contributed by atoms with Gasteiger partial charge in [-0.05, 0) is 24.3 Å². The molecule has 0 aliphatic heterocycles. The van der Waals surface area contributed by atoms with Crippen LogP contribution in [0.2, 0.25) is 0 Å². The molecule has 0 N–H and O–H groups in total. The molecule has 0 saturated carbocycles. The van der Waals surface area contributed by atoms with Crippen LogP contribution in [0.15, 0.2) is 35.7 Å². The fourth-order valence-electron chi connectivity index (χ4n) is 1.41. The Balaban J connectivity index is 1.90. The Labute approximate surface area is 106 Å². The first-order chi connectivity index (χ1) is 8.66. The van der Waals surface area contributed by atoms with Crippen molar-refractivity contribution in [3.8, 4) is 5.75 Å². The highest BCUT2D eigenvalue weighted by Crippen LogP contribution is 2.11. The van der Waals surface area contributed by atoms with E-state index in [0.717, 1.165) is 0 Å². The van der Waals surface area contributed by atoms with Crippen molar-refractivity contribution >= 4 is 10.8 Å². The summed E-state index contributed by atoms with van der Waals surface area (Å²) in [7, 11) is -1.18. The molecule has 0 aliphatic rings. The summed E-state index contributed by atoms with van der Waals surface area (Å²) in [5.74, 6) is 0.286. The summed E-state index contributed by atoms with van der Waals surface area (Å²) >= 11 is 0. The number of halogens is 1. The normalized spacial score (nSPS) is 12.3. The molecule has 5 nitrogen and oxygen atoms in total. The fourth-order valence-corrected chi connectivity index (χ4v) is 2.04. The van der Waals surface area contributed by atoms with E-state index in [-0.39, 0.29) is 5.82 Å². The van der Waals surface area contributed by atoms with E-state index in [1.54, 1.807) is 23.0 Å². The molecule has 1 aromatic heterocycles. The lowest BCUT2D eigenvalue weighted by Crippen LogP contribution is -2.11. The summed E-state index contributed by atoms with van der Waals surface area (Å²) < 4.78 is 31.1. The van der Waals surface area contributed by atoms with Crippen LogP contribution in [0.5, 0.6) is 5.75 Å². The summed E-state index contributed by atoms with van der Waals surface area (Å²) in [6, 6.07) is 5.78. The van der Waals surface area contributed by atoms with Gasteiger partial charge in [0.15, 0.2) is 0 Å². The predicted octanol–water partition coefficient (Wildman–Crippen LogP) is 1.23. The third-order valence-electron chi connectivity index (χ3n) is 2.25. The maximum absolute atomic E-state index is 12.7. The third kappa shape index (κ3) is 3.13. The zero-order chi connectivity index (χ0) is 13.0. The minimum atomic E-state index is -1.18. The Kier molecular flexibility index (Phi) is 4.03. The molecular formula is C11H12FN3O2S. The quantitative estimate of drug-likeness (QED) is 0.819. The summed E-state index contributed by atoms with van der Waals surface area (Å²) in [5, 5.41) is 7.87. The fraction of sp³-hybridized carbons (Fsp3) is 0.273. The Hall–Kier alpha value is -1.76. The minimum absolute atomic E-state index is 0.301. The molecule has 18 heavy (non-hydrogen) atoms. The van der Waals surface area contributed by atoms with Crippen LogP contribution in [0.25, 0.3) is 0 Å². The first kappa shape index (κ1) is 12.7. The van der Waals surface area contributed by atoms with Crippen LogP contribution in [0.3, 0.4) is 0 Å². The zero-order valence-corrected chi connectivity index (χ0v) is 10.6. The predicted molar refractivity (Wildman–Crippen MR) is 64.2 cm³/mol. The van der Waals surface area contributed by atoms with E-state index < -0.39 is 10.8 Å². The standard InChI is InChI=1S/C11H12FN3O2S/c1-18(16)11-14-13-8-15(11)6-7-17-10-4-2-9(12)3-5-10/h2-5,8H,6-7H2,1H3. The molecule has 1 heterocycles. The molecular weight excluding hydrogens is 257 g/mol. The van der Waals surface area contributed by atoms with Gasteiger partial charge in [-0.15, -0.1) is 10.2 Å². The largest absolute Gasteiger partial charge is 0.492 e. The Morgan fingerprint density at radius 3 is 2.78 bits per heavy atom.